The lowest BCUT2D eigenvalue weighted by Gasteiger charge is -2.33. The summed E-state index contributed by atoms with van der Waals surface area (Å²) in [5.41, 5.74) is -0.595. The molecule has 1 aliphatic rings. The lowest BCUT2D eigenvalue weighted by atomic mass is 9.91. The van der Waals surface area contributed by atoms with Crippen molar-refractivity contribution in [2.75, 3.05) is 6.54 Å². The van der Waals surface area contributed by atoms with E-state index in [0.717, 1.165) is 12.8 Å². The molecule has 0 bridgehead atoms. The minimum absolute atomic E-state index is 0.119. The second kappa shape index (κ2) is 6.76. The van der Waals surface area contributed by atoms with Gasteiger partial charge in [0.05, 0.1) is 0 Å². The number of nitrogens with zero attached hydrogens (tertiary/aromatic N) is 1. The zero-order valence-electron chi connectivity index (χ0n) is 11.9. The van der Waals surface area contributed by atoms with Crippen molar-refractivity contribution in [1.82, 2.24) is 10.2 Å². The summed E-state index contributed by atoms with van der Waals surface area (Å²) in [6.45, 7) is 6.84. The summed E-state index contributed by atoms with van der Waals surface area (Å²) in [4.78, 5) is 25.5. The van der Waals surface area contributed by atoms with E-state index in [1.807, 2.05) is 13.8 Å². The molecule has 1 N–H and O–H groups in total. The van der Waals surface area contributed by atoms with Crippen LogP contribution < -0.4 is 5.32 Å². The fourth-order valence-electron chi connectivity index (χ4n) is 2.74. The molecule has 0 aromatic rings. The summed E-state index contributed by atoms with van der Waals surface area (Å²) in [5, 5.41) is 2.46. The summed E-state index contributed by atoms with van der Waals surface area (Å²) < 4.78 is 0. The third kappa shape index (κ3) is 2.85. The fraction of sp³-hybridized carbons (Fsp3) is 0.857. The average molecular weight is 254 g/mol. The van der Waals surface area contributed by atoms with Crippen LogP contribution in [-0.4, -0.2) is 28.9 Å². The van der Waals surface area contributed by atoms with Gasteiger partial charge < -0.3 is 4.90 Å². The van der Waals surface area contributed by atoms with Crippen molar-refractivity contribution in [1.29, 1.82) is 0 Å². The molecule has 0 aliphatic carbocycles. The molecule has 4 heteroatoms. The summed E-state index contributed by atoms with van der Waals surface area (Å²) in [6.07, 6.45) is 7.18. The number of rotatable bonds is 8. The van der Waals surface area contributed by atoms with E-state index in [9.17, 15) is 9.59 Å². The minimum Gasteiger partial charge on any atom is -0.310 e. The maximum atomic E-state index is 11.9. The zero-order chi connectivity index (χ0) is 13.6. The number of nitrogens with one attached hydrogen (secondary N) is 1. The Morgan fingerprint density at radius 1 is 1.00 bits per heavy atom. The molecule has 0 atom stereocenters. The van der Waals surface area contributed by atoms with E-state index < -0.39 is 5.54 Å². The van der Waals surface area contributed by atoms with Gasteiger partial charge in [0, 0.05) is 6.54 Å². The van der Waals surface area contributed by atoms with Gasteiger partial charge in [0.1, 0.15) is 5.54 Å². The van der Waals surface area contributed by atoms with E-state index in [4.69, 9.17) is 0 Å². The molecule has 1 aliphatic heterocycles. The number of urea groups is 1. The first-order chi connectivity index (χ1) is 8.62. The van der Waals surface area contributed by atoms with Crippen LogP contribution in [0.25, 0.3) is 0 Å². The first kappa shape index (κ1) is 15.0. The highest BCUT2D eigenvalue weighted by atomic mass is 16.2. The summed E-state index contributed by atoms with van der Waals surface area (Å²) in [6, 6.07) is -0.209. The Kier molecular flexibility index (Phi) is 5.63. The van der Waals surface area contributed by atoms with E-state index >= 15 is 0 Å². The molecule has 18 heavy (non-hydrogen) atoms. The van der Waals surface area contributed by atoms with E-state index in [0.29, 0.717) is 19.4 Å². The normalized spacial score (nSPS) is 18.3. The molecule has 4 nitrogen and oxygen atoms in total. The van der Waals surface area contributed by atoms with Crippen LogP contribution in [0.15, 0.2) is 0 Å². The van der Waals surface area contributed by atoms with Gasteiger partial charge in [0.2, 0.25) is 0 Å². The van der Waals surface area contributed by atoms with Gasteiger partial charge in [0.25, 0.3) is 5.91 Å². The molecule has 0 saturated carbocycles. The smallest absolute Gasteiger partial charge is 0.310 e. The molecular weight excluding hydrogens is 228 g/mol. The zero-order valence-corrected chi connectivity index (χ0v) is 11.9. The largest absolute Gasteiger partial charge is 0.325 e. The number of unbranched alkanes of at least 4 members (excludes halogenated alkanes) is 4. The lowest BCUT2D eigenvalue weighted by molar-refractivity contribution is -0.127. The standard InChI is InChI=1S/C14H26N2O2/c1-4-7-8-9-10-11-16-13(18)15-12(17)14(16,5-2)6-3/h4-11H2,1-3H3,(H,15,17,18). The Bertz CT molecular complexity index is 298. The molecule has 1 rings (SSSR count). The van der Waals surface area contributed by atoms with Crippen LogP contribution in [0.5, 0.6) is 0 Å². The molecular formula is C14H26N2O2. The second-order valence-corrected chi connectivity index (χ2v) is 5.06. The average Bonchev–Trinajstić information content (AvgIpc) is 2.60. The van der Waals surface area contributed by atoms with Gasteiger partial charge in [-0.15, -0.1) is 0 Å². The van der Waals surface area contributed by atoms with E-state index in [2.05, 4.69) is 12.2 Å². The van der Waals surface area contributed by atoms with Gasteiger partial charge >= 0.3 is 6.03 Å². The highest BCUT2D eigenvalue weighted by molar-refractivity contribution is 6.06. The van der Waals surface area contributed by atoms with Crippen molar-refractivity contribution in [3.05, 3.63) is 0 Å². The molecule has 3 amide bonds. The molecule has 104 valence electrons. The number of carbonyl (C=O) groups is 2. The predicted octanol–water partition coefficient (Wildman–Crippen LogP) is 3.07. The van der Waals surface area contributed by atoms with Crippen LogP contribution in [0.2, 0.25) is 0 Å². The van der Waals surface area contributed by atoms with Crippen molar-refractivity contribution in [3.63, 3.8) is 0 Å². The minimum atomic E-state index is -0.595. The molecule has 0 radical (unpaired) electrons. The number of carbonyl (C=O) groups excluding carboxylic acids is 2. The predicted molar refractivity (Wildman–Crippen MR) is 72.3 cm³/mol. The Hall–Kier alpha value is -1.06. The van der Waals surface area contributed by atoms with Crippen molar-refractivity contribution >= 4 is 11.9 Å². The Morgan fingerprint density at radius 3 is 2.17 bits per heavy atom. The number of amides is 3. The maximum absolute atomic E-state index is 11.9. The quantitative estimate of drug-likeness (QED) is 0.534. The molecule has 0 aromatic carbocycles. The first-order valence-electron chi connectivity index (χ1n) is 7.25. The molecule has 1 fully saturated rings. The Balaban J connectivity index is 2.55. The number of imide groups is 1. The molecule has 1 heterocycles. The van der Waals surface area contributed by atoms with Crippen LogP contribution in [-0.2, 0) is 4.79 Å². The summed E-state index contributed by atoms with van der Waals surface area (Å²) in [5.74, 6) is -0.119. The van der Waals surface area contributed by atoms with E-state index in [1.165, 1.54) is 19.3 Å². The fourth-order valence-corrected chi connectivity index (χ4v) is 2.74. The van der Waals surface area contributed by atoms with Crippen LogP contribution in [0, 0.1) is 0 Å². The maximum Gasteiger partial charge on any atom is 0.325 e. The molecule has 1 saturated heterocycles. The van der Waals surface area contributed by atoms with E-state index in [1.54, 1.807) is 4.90 Å². The van der Waals surface area contributed by atoms with Crippen LogP contribution in [0.3, 0.4) is 0 Å². The van der Waals surface area contributed by atoms with Crippen molar-refractivity contribution in [2.24, 2.45) is 0 Å². The van der Waals surface area contributed by atoms with Gasteiger partial charge in [-0.2, -0.15) is 0 Å². The molecule has 0 spiro atoms. The van der Waals surface area contributed by atoms with Gasteiger partial charge in [-0.1, -0.05) is 46.5 Å². The monoisotopic (exact) mass is 254 g/mol. The Morgan fingerprint density at radius 2 is 1.61 bits per heavy atom. The van der Waals surface area contributed by atoms with Gasteiger partial charge in [0.15, 0.2) is 0 Å². The van der Waals surface area contributed by atoms with Crippen LogP contribution >= 0.6 is 0 Å². The Labute approximate surface area is 110 Å². The highest BCUT2D eigenvalue weighted by Crippen LogP contribution is 2.29. The SMILES string of the molecule is CCCCCCCN1C(=O)NC(=O)C1(CC)CC. The topological polar surface area (TPSA) is 49.4 Å². The lowest BCUT2D eigenvalue weighted by Crippen LogP contribution is -2.49. The number of hydrogen-bond acceptors (Lipinski definition) is 2. The summed E-state index contributed by atoms with van der Waals surface area (Å²) in [7, 11) is 0. The van der Waals surface area contributed by atoms with Crippen molar-refractivity contribution in [3.8, 4) is 0 Å². The van der Waals surface area contributed by atoms with Crippen molar-refractivity contribution < 1.29 is 9.59 Å². The second-order valence-electron chi connectivity index (χ2n) is 5.06. The third-order valence-electron chi connectivity index (χ3n) is 4.06. The summed E-state index contributed by atoms with van der Waals surface area (Å²) >= 11 is 0. The molecule has 0 unspecified atom stereocenters. The highest BCUT2D eigenvalue weighted by Gasteiger charge is 2.49. The van der Waals surface area contributed by atoms with E-state index in [-0.39, 0.29) is 11.9 Å². The first-order valence-corrected chi connectivity index (χ1v) is 7.25. The molecule has 0 aromatic heterocycles. The van der Waals surface area contributed by atoms with Gasteiger partial charge in [-0.3, -0.25) is 10.1 Å². The van der Waals surface area contributed by atoms with Gasteiger partial charge in [-0.25, -0.2) is 4.79 Å². The van der Waals surface area contributed by atoms with Crippen LogP contribution in [0.1, 0.15) is 65.7 Å². The number of hydrogen-bond donors (Lipinski definition) is 1. The van der Waals surface area contributed by atoms with Gasteiger partial charge in [-0.05, 0) is 19.3 Å². The third-order valence-corrected chi connectivity index (χ3v) is 4.06. The van der Waals surface area contributed by atoms with Crippen molar-refractivity contribution in [2.45, 2.75) is 71.3 Å². The van der Waals surface area contributed by atoms with Crippen LogP contribution in [0.4, 0.5) is 4.79 Å².